The number of ether oxygens (including phenoxy) is 3. The largest absolute Gasteiger partial charge is 0.389 e. The van der Waals surface area contributed by atoms with Gasteiger partial charge in [-0.2, -0.15) is 0 Å². The van der Waals surface area contributed by atoms with E-state index in [1.807, 2.05) is 0 Å². The van der Waals surface area contributed by atoms with E-state index >= 15 is 0 Å². The standard InChI is InChI=1S/C28H47NO9/c1-15-22(30)23(31)24(32)25(37-15)38-17-7-10-26(2)16(13-17)5-6-19-18(26)8-11-27(3)20(9-12-28(19,27)33)21(36-4)14-29(34)35/h15-25,30-33H,5-14H2,1-4H3/t15-,16+,17-,18-,19+,20+,21-,22-,23+,24+,25-,26-,27+,28-/m0/s1. The molecule has 5 rings (SSSR count). The van der Waals surface area contributed by atoms with Gasteiger partial charge in [0.2, 0.25) is 6.54 Å². The maximum atomic E-state index is 12.3. The van der Waals surface area contributed by atoms with Gasteiger partial charge in [0.05, 0.1) is 17.8 Å². The van der Waals surface area contributed by atoms with Crippen molar-refractivity contribution in [2.45, 2.75) is 127 Å². The lowest BCUT2D eigenvalue weighted by molar-refractivity contribution is -0.494. The molecule has 0 aromatic rings. The first-order valence-electron chi connectivity index (χ1n) is 14.6. The third kappa shape index (κ3) is 4.33. The lowest BCUT2D eigenvalue weighted by atomic mass is 9.43. The van der Waals surface area contributed by atoms with E-state index in [1.165, 1.54) is 0 Å². The van der Waals surface area contributed by atoms with Crippen LogP contribution in [0.25, 0.3) is 0 Å². The maximum Gasteiger partial charge on any atom is 0.229 e. The maximum absolute atomic E-state index is 12.3. The average molecular weight is 542 g/mol. The van der Waals surface area contributed by atoms with Gasteiger partial charge in [0, 0.05) is 17.4 Å². The summed E-state index contributed by atoms with van der Waals surface area (Å²) in [5, 5.41) is 54.3. The van der Waals surface area contributed by atoms with Crippen LogP contribution in [0.3, 0.4) is 0 Å². The molecule has 1 heterocycles. The van der Waals surface area contributed by atoms with Crippen LogP contribution in [0, 0.1) is 44.6 Å². The van der Waals surface area contributed by atoms with Gasteiger partial charge in [0.25, 0.3) is 0 Å². The lowest BCUT2D eigenvalue weighted by Crippen LogP contribution is -2.63. The third-order valence-electron chi connectivity index (χ3n) is 12.1. The number of rotatable bonds is 6. The van der Waals surface area contributed by atoms with Crippen molar-refractivity contribution in [3.05, 3.63) is 10.1 Å². The summed E-state index contributed by atoms with van der Waals surface area (Å²) in [4.78, 5) is 11.0. The number of aliphatic hydroxyl groups excluding tert-OH is 3. The van der Waals surface area contributed by atoms with Crippen molar-refractivity contribution in [3.8, 4) is 0 Å². The van der Waals surface area contributed by atoms with Crippen molar-refractivity contribution in [3.63, 3.8) is 0 Å². The van der Waals surface area contributed by atoms with E-state index in [9.17, 15) is 30.5 Å². The summed E-state index contributed by atoms with van der Waals surface area (Å²) < 4.78 is 17.5. The second-order valence-electron chi connectivity index (χ2n) is 13.5. The highest BCUT2D eigenvalue weighted by Gasteiger charge is 2.68. The first-order valence-corrected chi connectivity index (χ1v) is 14.6. The van der Waals surface area contributed by atoms with E-state index in [0.717, 1.165) is 51.4 Å². The molecule has 0 aromatic carbocycles. The second-order valence-corrected chi connectivity index (χ2v) is 13.5. The van der Waals surface area contributed by atoms with Crippen LogP contribution in [-0.2, 0) is 14.2 Å². The molecule has 10 nitrogen and oxygen atoms in total. The van der Waals surface area contributed by atoms with Gasteiger partial charge < -0.3 is 34.6 Å². The summed E-state index contributed by atoms with van der Waals surface area (Å²) in [6, 6.07) is 0. The molecule has 10 heteroatoms. The summed E-state index contributed by atoms with van der Waals surface area (Å²) in [7, 11) is 1.55. The molecule has 4 N–H and O–H groups in total. The first-order chi connectivity index (χ1) is 17.9. The molecular weight excluding hydrogens is 494 g/mol. The van der Waals surface area contributed by atoms with E-state index in [-0.39, 0.29) is 34.8 Å². The molecule has 1 aliphatic heterocycles. The molecule has 1 saturated heterocycles. The van der Waals surface area contributed by atoms with Crippen LogP contribution >= 0.6 is 0 Å². The van der Waals surface area contributed by atoms with Crippen LogP contribution in [0.1, 0.15) is 78.6 Å². The van der Waals surface area contributed by atoms with Gasteiger partial charge in [0.15, 0.2) is 6.29 Å². The van der Waals surface area contributed by atoms with Crippen molar-refractivity contribution in [1.82, 2.24) is 0 Å². The Morgan fingerprint density at radius 3 is 2.42 bits per heavy atom. The van der Waals surface area contributed by atoms with E-state index in [2.05, 4.69) is 13.8 Å². The number of nitrogens with zero attached hydrogens (tertiary/aromatic N) is 1. The van der Waals surface area contributed by atoms with Crippen molar-refractivity contribution < 1.29 is 39.6 Å². The molecule has 0 spiro atoms. The summed E-state index contributed by atoms with van der Waals surface area (Å²) in [6.07, 6.45) is 1.84. The number of hydrogen-bond acceptors (Lipinski definition) is 9. The molecule has 5 aliphatic rings. The Balaban J connectivity index is 1.29. The molecule has 5 fully saturated rings. The number of hydrogen-bond donors (Lipinski definition) is 4. The van der Waals surface area contributed by atoms with E-state index in [1.54, 1.807) is 14.0 Å². The fourth-order valence-electron chi connectivity index (χ4n) is 9.78. The van der Waals surface area contributed by atoms with Crippen molar-refractivity contribution in [1.29, 1.82) is 0 Å². The predicted molar refractivity (Wildman–Crippen MR) is 137 cm³/mol. The van der Waals surface area contributed by atoms with Crippen molar-refractivity contribution in [2.75, 3.05) is 13.7 Å². The Morgan fingerprint density at radius 1 is 1.00 bits per heavy atom. The van der Waals surface area contributed by atoms with Crippen LogP contribution in [0.4, 0.5) is 0 Å². The fraction of sp³-hybridized carbons (Fsp3) is 1.00. The fourth-order valence-corrected chi connectivity index (χ4v) is 9.78. The first kappa shape index (κ1) is 28.6. The molecular formula is C28H47NO9. The monoisotopic (exact) mass is 541 g/mol. The van der Waals surface area contributed by atoms with E-state index < -0.39 is 47.8 Å². The quantitative estimate of drug-likeness (QED) is 0.225. The van der Waals surface area contributed by atoms with Gasteiger partial charge >= 0.3 is 0 Å². The molecule has 0 amide bonds. The highest BCUT2D eigenvalue weighted by molar-refractivity contribution is 5.17. The van der Waals surface area contributed by atoms with Gasteiger partial charge in [-0.25, -0.2) is 0 Å². The molecule has 0 radical (unpaired) electrons. The minimum absolute atomic E-state index is 0.0308. The molecule has 38 heavy (non-hydrogen) atoms. The van der Waals surface area contributed by atoms with Crippen LogP contribution in [0.2, 0.25) is 0 Å². The van der Waals surface area contributed by atoms with Crippen molar-refractivity contribution in [2.24, 2.45) is 34.5 Å². The molecule has 0 aromatic heterocycles. The zero-order valence-electron chi connectivity index (χ0n) is 23.2. The number of methoxy groups -OCH3 is 1. The molecule has 14 atom stereocenters. The Labute approximate surface area is 225 Å². The Morgan fingerprint density at radius 2 is 1.74 bits per heavy atom. The summed E-state index contributed by atoms with van der Waals surface area (Å²) in [5.74, 6) is 0.933. The number of nitro groups is 1. The van der Waals surface area contributed by atoms with Crippen LogP contribution < -0.4 is 0 Å². The molecule has 4 saturated carbocycles. The van der Waals surface area contributed by atoms with Crippen LogP contribution in [0.5, 0.6) is 0 Å². The predicted octanol–water partition coefficient (Wildman–Crippen LogP) is 2.26. The normalized spacial score (nSPS) is 53.5. The molecule has 218 valence electrons. The molecule has 0 bridgehead atoms. The zero-order chi connectivity index (χ0) is 27.6. The Bertz CT molecular complexity index is 890. The second kappa shape index (κ2) is 10.2. The van der Waals surface area contributed by atoms with Gasteiger partial charge in [-0.15, -0.1) is 0 Å². The van der Waals surface area contributed by atoms with Crippen LogP contribution in [-0.4, -0.2) is 87.5 Å². The number of fused-ring (bicyclic) bond motifs is 5. The van der Waals surface area contributed by atoms with Gasteiger partial charge in [-0.05, 0) is 93.8 Å². The van der Waals surface area contributed by atoms with Crippen LogP contribution in [0.15, 0.2) is 0 Å². The van der Waals surface area contributed by atoms with E-state index in [0.29, 0.717) is 18.3 Å². The van der Waals surface area contributed by atoms with Gasteiger partial charge in [0.1, 0.15) is 24.4 Å². The summed E-state index contributed by atoms with van der Waals surface area (Å²) >= 11 is 0. The highest BCUT2D eigenvalue weighted by Crippen LogP contribution is 2.69. The topological polar surface area (TPSA) is 152 Å². The number of aliphatic hydroxyl groups is 4. The molecule has 4 aliphatic carbocycles. The summed E-state index contributed by atoms with van der Waals surface area (Å²) in [6.45, 7) is 5.96. The van der Waals surface area contributed by atoms with Gasteiger partial charge in [-0.3, -0.25) is 10.1 Å². The van der Waals surface area contributed by atoms with E-state index in [4.69, 9.17) is 14.2 Å². The SMILES string of the molecule is CO[C@@H](C[N+](=O)[O-])[C@H]1CC[C@]2(O)[C@@H]3CC[C@@H]4C[C@@H](O[C@@H]5O[C@@H](C)[C@H](O)[C@@H](O)[C@H]5O)CC[C@]4(C)[C@H]3CC[C@]12C. The average Bonchev–Trinajstić information content (AvgIpc) is 3.15. The minimum Gasteiger partial charge on any atom is -0.389 e. The minimum atomic E-state index is -1.30. The summed E-state index contributed by atoms with van der Waals surface area (Å²) in [5.41, 5.74) is -1.18. The smallest absolute Gasteiger partial charge is 0.229 e. The Kier molecular flexibility index (Phi) is 7.68. The molecule has 0 unspecified atom stereocenters. The third-order valence-corrected chi connectivity index (χ3v) is 12.1. The lowest BCUT2D eigenvalue weighted by Gasteiger charge is -2.64. The highest BCUT2D eigenvalue weighted by atomic mass is 16.7. The van der Waals surface area contributed by atoms with Gasteiger partial charge in [-0.1, -0.05) is 13.8 Å². The van der Waals surface area contributed by atoms with Crippen molar-refractivity contribution >= 4 is 0 Å². The zero-order valence-corrected chi connectivity index (χ0v) is 23.2. The Hall–Kier alpha value is -0.880.